The van der Waals surface area contributed by atoms with Crippen LogP contribution in [0.2, 0.25) is 0 Å². The summed E-state index contributed by atoms with van der Waals surface area (Å²) in [7, 11) is -0.217. The maximum atomic E-state index is 12.5. The normalized spacial score (nSPS) is 12.0. The molecule has 2 aromatic rings. The van der Waals surface area contributed by atoms with Gasteiger partial charge < -0.3 is 5.73 Å². The van der Waals surface area contributed by atoms with Crippen LogP contribution < -0.4 is 5.73 Å². The van der Waals surface area contributed by atoms with E-state index in [1.165, 1.54) is 10.4 Å². The first-order valence-electron chi connectivity index (χ1n) is 6.67. The summed E-state index contributed by atoms with van der Waals surface area (Å²) < 4.78 is 28.0. The van der Waals surface area contributed by atoms with Gasteiger partial charge >= 0.3 is 0 Å². The summed E-state index contributed by atoms with van der Waals surface area (Å²) in [4.78, 5) is 0.212. The van der Waals surface area contributed by atoms with Crippen LogP contribution in [0.1, 0.15) is 18.1 Å². The highest BCUT2D eigenvalue weighted by molar-refractivity contribution is 7.89. The number of aromatic nitrogens is 2. The van der Waals surface area contributed by atoms with E-state index in [9.17, 15) is 8.42 Å². The van der Waals surface area contributed by atoms with Crippen LogP contribution in [0.3, 0.4) is 0 Å². The van der Waals surface area contributed by atoms with Crippen LogP contribution in [0, 0.1) is 0 Å². The molecule has 21 heavy (non-hydrogen) atoms. The lowest BCUT2D eigenvalue weighted by Gasteiger charge is -2.17. The molecule has 0 aliphatic heterocycles. The highest BCUT2D eigenvalue weighted by atomic mass is 32.2. The molecule has 0 spiro atoms. The van der Waals surface area contributed by atoms with Crippen molar-refractivity contribution < 1.29 is 8.42 Å². The second-order valence-corrected chi connectivity index (χ2v) is 7.04. The molecule has 0 fully saturated rings. The lowest BCUT2D eigenvalue weighted by molar-refractivity contribution is 0.466. The molecule has 2 rings (SSSR count). The molecule has 0 amide bonds. The maximum absolute atomic E-state index is 12.5. The quantitative estimate of drug-likeness (QED) is 0.846. The van der Waals surface area contributed by atoms with E-state index in [1.54, 1.807) is 43.3 Å². The second kappa shape index (κ2) is 5.87. The number of nitrogens with zero attached hydrogens (tertiary/aromatic N) is 3. The summed E-state index contributed by atoms with van der Waals surface area (Å²) in [6.45, 7) is 2.25. The van der Waals surface area contributed by atoms with Gasteiger partial charge in [-0.25, -0.2) is 8.42 Å². The first kappa shape index (κ1) is 15.5. The minimum Gasteiger partial charge on any atom is -0.398 e. The summed E-state index contributed by atoms with van der Waals surface area (Å²) in [5.41, 5.74) is 8.18. The zero-order valence-electron chi connectivity index (χ0n) is 12.4. The number of anilines is 1. The summed E-state index contributed by atoms with van der Waals surface area (Å²) in [5, 5.41) is 4.04. The van der Waals surface area contributed by atoms with Gasteiger partial charge in [-0.05, 0) is 24.1 Å². The van der Waals surface area contributed by atoms with Gasteiger partial charge in [0.2, 0.25) is 10.0 Å². The minimum absolute atomic E-state index is 0.212. The number of rotatable bonds is 5. The van der Waals surface area contributed by atoms with Crippen LogP contribution in [-0.2, 0) is 30.0 Å². The van der Waals surface area contributed by atoms with Gasteiger partial charge in [-0.2, -0.15) is 9.40 Å². The van der Waals surface area contributed by atoms with Crippen LogP contribution in [-0.4, -0.2) is 29.6 Å². The third-order valence-electron chi connectivity index (χ3n) is 3.37. The van der Waals surface area contributed by atoms with Gasteiger partial charge in [-0.1, -0.05) is 13.0 Å². The molecular weight excluding hydrogens is 288 g/mol. The van der Waals surface area contributed by atoms with E-state index in [0.29, 0.717) is 5.69 Å². The molecule has 0 saturated heterocycles. The van der Waals surface area contributed by atoms with Gasteiger partial charge in [-0.15, -0.1) is 0 Å². The molecule has 0 aliphatic carbocycles. The number of benzene rings is 1. The van der Waals surface area contributed by atoms with E-state index >= 15 is 0 Å². The predicted molar refractivity (Wildman–Crippen MR) is 82.1 cm³/mol. The maximum Gasteiger partial charge on any atom is 0.243 e. The van der Waals surface area contributed by atoms with Crippen LogP contribution in [0.15, 0.2) is 35.5 Å². The molecule has 0 saturated carbocycles. The van der Waals surface area contributed by atoms with Gasteiger partial charge in [0.15, 0.2) is 0 Å². The van der Waals surface area contributed by atoms with Gasteiger partial charge in [0.1, 0.15) is 0 Å². The van der Waals surface area contributed by atoms with Gasteiger partial charge in [0.25, 0.3) is 0 Å². The minimum atomic E-state index is -3.56. The van der Waals surface area contributed by atoms with Crippen molar-refractivity contribution in [1.82, 2.24) is 14.1 Å². The first-order valence-corrected chi connectivity index (χ1v) is 8.11. The number of aryl methyl sites for hydroxylation is 2. The monoisotopic (exact) mass is 308 g/mol. The topological polar surface area (TPSA) is 81.2 Å². The standard InChI is InChI=1S/C14H20N4O2S/c1-4-12-5-6-13(7-14(12)15)21(19,20)18(3)10-11-8-16-17(2)9-11/h5-9H,4,10,15H2,1-3H3. The summed E-state index contributed by atoms with van der Waals surface area (Å²) in [6.07, 6.45) is 4.22. The lowest BCUT2D eigenvalue weighted by atomic mass is 10.1. The summed E-state index contributed by atoms with van der Waals surface area (Å²) >= 11 is 0. The number of nitrogen functional groups attached to an aromatic ring is 1. The molecule has 1 heterocycles. The van der Waals surface area contributed by atoms with E-state index in [1.807, 2.05) is 6.92 Å². The Hall–Kier alpha value is -1.86. The smallest absolute Gasteiger partial charge is 0.243 e. The van der Waals surface area contributed by atoms with Crippen molar-refractivity contribution in [2.75, 3.05) is 12.8 Å². The molecular formula is C14H20N4O2S. The second-order valence-electron chi connectivity index (χ2n) is 5.00. The van der Waals surface area contributed by atoms with E-state index in [0.717, 1.165) is 17.5 Å². The van der Waals surface area contributed by atoms with Gasteiger partial charge in [0.05, 0.1) is 11.1 Å². The Labute approximate surface area is 125 Å². The molecule has 0 aliphatic rings. The van der Waals surface area contributed by atoms with E-state index < -0.39 is 10.0 Å². The van der Waals surface area contributed by atoms with E-state index in [2.05, 4.69) is 5.10 Å². The third kappa shape index (κ3) is 3.25. The Morgan fingerprint density at radius 3 is 2.62 bits per heavy atom. The predicted octanol–water partition coefficient (Wildman–Crippen LogP) is 1.39. The molecule has 6 nitrogen and oxygen atoms in total. The largest absolute Gasteiger partial charge is 0.398 e. The fraction of sp³-hybridized carbons (Fsp3) is 0.357. The van der Waals surface area contributed by atoms with E-state index in [4.69, 9.17) is 5.73 Å². The molecule has 0 unspecified atom stereocenters. The third-order valence-corrected chi connectivity index (χ3v) is 5.17. The molecule has 0 bridgehead atoms. The molecule has 1 aromatic heterocycles. The van der Waals surface area contributed by atoms with Crippen molar-refractivity contribution in [1.29, 1.82) is 0 Å². The van der Waals surface area contributed by atoms with Crippen LogP contribution in [0.4, 0.5) is 5.69 Å². The van der Waals surface area contributed by atoms with Crippen molar-refractivity contribution >= 4 is 15.7 Å². The fourth-order valence-corrected chi connectivity index (χ4v) is 3.33. The SMILES string of the molecule is CCc1ccc(S(=O)(=O)N(C)Cc2cnn(C)c2)cc1N. The highest BCUT2D eigenvalue weighted by Gasteiger charge is 2.22. The molecule has 0 radical (unpaired) electrons. The Kier molecular flexibility index (Phi) is 4.34. The van der Waals surface area contributed by atoms with Crippen molar-refractivity contribution in [3.8, 4) is 0 Å². The van der Waals surface area contributed by atoms with Crippen molar-refractivity contribution in [2.45, 2.75) is 24.8 Å². The Morgan fingerprint density at radius 2 is 2.10 bits per heavy atom. The number of hydrogen-bond acceptors (Lipinski definition) is 4. The highest BCUT2D eigenvalue weighted by Crippen LogP contribution is 2.22. The summed E-state index contributed by atoms with van der Waals surface area (Å²) in [5.74, 6) is 0. The molecule has 114 valence electrons. The molecule has 7 heteroatoms. The zero-order valence-corrected chi connectivity index (χ0v) is 13.3. The average molecular weight is 308 g/mol. The molecule has 1 aromatic carbocycles. The number of nitrogens with two attached hydrogens (primary N) is 1. The fourth-order valence-electron chi connectivity index (χ4n) is 2.13. The zero-order chi connectivity index (χ0) is 15.6. The number of hydrogen-bond donors (Lipinski definition) is 1. The van der Waals surface area contributed by atoms with Gasteiger partial charge in [-0.3, -0.25) is 4.68 Å². The van der Waals surface area contributed by atoms with E-state index in [-0.39, 0.29) is 11.4 Å². The lowest BCUT2D eigenvalue weighted by Crippen LogP contribution is -2.26. The average Bonchev–Trinajstić information content (AvgIpc) is 2.83. The van der Waals surface area contributed by atoms with Crippen molar-refractivity contribution in [2.24, 2.45) is 7.05 Å². The Balaban J connectivity index is 2.26. The molecule has 0 atom stereocenters. The van der Waals surface area contributed by atoms with Crippen molar-refractivity contribution in [3.63, 3.8) is 0 Å². The van der Waals surface area contributed by atoms with Gasteiger partial charge in [0, 0.05) is 38.1 Å². The summed E-state index contributed by atoms with van der Waals surface area (Å²) in [6, 6.07) is 4.89. The van der Waals surface area contributed by atoms with Crippen molar-refractivity contribution in [3.05, 3.63) is 41.7 Å². The Bertz CT molecular complexity index is 737. The van der Waals surface area contributed by atoms with Crippen LogP contribution >= 0.6 is 0 Å². The van der Waals surface area contributed by atoms with Crippen LogP contribution in [0.25, 0.3) is 0 Å². The number of sulfonamides is 1. The first-order chi connectivity index (χ1) is 9.84. The van der Waals surface area contributed by atoms with Crippen LogP contribution in [0.5, 0.6) is 0 Å². The molecule has 2 N–H and O–H groups in total. The Morgan fingerprint density at radius 1 is 1.38 bits per heavy atom.